The van der Waals surface area contributed by atoms with Crippen molar-refractivity contribution in [2.24, 2.45) is 0 Å². The lowest BCUT2D eigenvalue weighted by Crippen LogP contribution is -2.17. The second-order valence-electron chi connectivity index (χ2n) is 7.28. The number of nitrogens with two attached hydrogens (primary N) is 1. The number of hydrogen-bond donors (Lipinski definition) is 2. The lowest BCUT2D eigenvalue weighted by Gasteiger charge is -2.17. The predicted molar refractivity (Wildman–Crippen MR) is 119 cm³/mol. The van der Waals surface area contributed by atoms with Gasteiger partial charge in [0, 0.05) is 37.7 Å². The summed E-state index contributed by atoms with van der Waals surface area (Å²) in [5, 5.41) is 2.68. The third-order valence-electron chi connectivity index (χ3n) is 5.28. The van der Waals surface area contributed by atoms with Crippen LogP contribution in [0.3, 0.4) is 0 Å². The molecule has 0 amide bonds. The molecule has 3 N–H and O–H groups in total. The lowest BCUT2D eigenvalue weighted by molar-refractivity contribution is 0.589. The lowest BCUT2D eigenvalue weighted by atomic mass is 10.1. The van der Waals surface area contributed by atoms with Crippen molar-refractivity contribution >= 4 is 22.3 Å². The fourth-order valence-corrected chi connectivity index (χ4v) is 3.65. The SMILES string of the molecule is Nc1c(F)c(NCCc2ccncc2)c(F)c2c1c(=O)ccn2CCc1ccccc1. The maximum atomic E-state index is 15.5. The first kappa shape index (κ1) is 20.5. The smallest absolute Gasteiger partial charge is 0.191 e. The summed E-state index contributed by atoms with van der Waals surface area (Å²) in [6.07, 6.45) is 6.02. The average Bonchev–Trinajstić information content (AvgIpc) is 2.80. The van der Waals surface area contributed by atoms with Crippen molar-refractivity contribution in [2.45, 2.75) is 19.4 Å². The Labute approximate surface area is 178 Å². The van der Waals surface area contributed by atoms with E-state index in [-0.39, 0.29) is 22.3 Å². The van der Waals surface area contributed by atoms with Crippen molar-refractivity contribution < 1.29 is 8.78 Å². The van der Waals surface area contributed by atoms with Crippen molar-refractivity contribution in [3.05, 3.63) is 100 Å². The molecule has 2 aromatic heterocycles. The molecule has 0 spiro atoms. The highest BCUT2D eigenvalue weighted by Crippen LogP contribution is 2.32. The van der Waals surface area contributed by atoms with Gasteiger partial charge in [-0.15, -0.1) is 0 Å². The van der Waals surface area contributed by atoms with Crippen molar-refractivity contribution in [2.75, 3.05) is 17.6 Å². The molecule has 7 heteroatoms. The Balaban J connectivity index is 1.69. The van der Waals surface area contributed by atoms with Crippen LogP contribution in [0.1, 0.15) is 11.1 Å². The zero-order chi connectivity index (χ0) is 21.8. The van der Waals surface area contributed by atoms with E-state index in [0.29, 0.717) is 25.9 Å². The summed E-state index contributed by atoms with van der Waals surface area (Å²) in [4.78, 5) is 16.3. The van der Waals surface area contributed by atoms with Gasteiger partial charge in [-0.25, -0.2) is 8.78 Å². The van der Waals surface area contributed by atoms with E-state index in [4.69, 9.17) is 5.73 Å². The zero-order valence-electron chi connectivity index (χ0n) is 16.8. The number of nitrogen functional groups attached to an aromatic ring is 1. The molecule has 0 saturated carbocycles. The number of rotatable bonds is 7. The molecule has 0 fully saturated rings. The van der Waals surface area contributed by atoms with Gasteiger partial charge >= 0.3 is 0 Å². The minimum absolute atomic E-state index is 0.00809. The van der Waals surface area contributed by atoms with Crippen LogP contribution < -0.4 is 16.5 Å². The third-order valence-corrected chi connectivity index (χ3v) is 5.28. The molecule has 0 aliphatic heterocycles. The molecule has 4 aromatic rings. The van der Waals surface area contributed by atoms with Gasteiger partial charge in [0.05, 0.1) is 16.6 Å². The molecule has 0 saturated heterocycles. The van der Waals surface area contributed by atoms with Crippen molar-refractivity contribution in [1.29, 1.82) is 0 Å². The molecule has 0 aliphatic carbocycles. The van der Waals surface area contributed by atoms with Gasteiger partial charge in [-0.2, -0.15) is 0 Å². The van der Waals surface area contributed by atoms with Crippen molar-refractivity contribution in [3.63, 3.8) is 0 Å². The van der Waals surface area contributed by atoms with Gasteiger partial charge in [-0.05, 0) is 36.1 Å². The molecule has 2 aromatic carbocycles. The van der Waals surface area contributed by atoms with Gasteiger partial charge in [0.2, 0.25) is 0 Å². The maximum absolute atomic E-state index is 15.5. The fraction of sp³-hybridized carbons (Fsp3) is 0.167. The molecular weight excluding hydrogens is 398 g/mol. The largest absolute Gasteiger partial charge is 0.396 e. The van der Waals surface area contributed by atoms with Crippen molar-refractivity contribution in [1.82, 2.24) is 9.55 Å². The molecule has 31 heavy (non-hydrogen) atoms. The van der Waals surface area contributed by atoms with E-state index in [1.165, 1.54) is 12.3 Å². The van der Waals surface area contributed by atoms with Gasteiger partial charge in [0.15, 0.2) is 17.1 Å². The molecule has 0 aliphatic rings. The molecule has 0 radical (unpaired) electrons. The van der Waals surface area contributed by atoms with Gasteiger partial charge in [-0.1, -0.05) is 30.3 Å². The zero-order valence-corrected chi connectivity index (χ0v) is 16.8. The van der Waals surface area contributed by atoms with Crippen LogP contribution in [0.4, 0.5) is 20.2 Å². The number of hydrogen-bond acceptors (Lipinski definition) is 4. The molecular formula is C24H22F2N4O. The first-order chi connectivity index (χ1) is 15.1. The molecule has 2 heterocycles. The average molecular weight is 420 g/mol. The van der Waals surface area contributed by atoms with Gasteiger partial charge < -0.3 is 15.6 Å². The van der Waals surface area contributed by atoms with E-state index in [1.807, 2.05) is 42.5 Å². The summed E-state index contributed by atoms with van der Waals surface area (Å²) in [5.41, 5.74) is 6.83. The number of aromatic nitrogens is 2. The normalized spacial score (nSPS) is 11.0. The predicted octanol–water partition coefficient (Wildman–Crippen LogP) is 4.15. The Morgan fingerprint density at radius 3 is 2.39 bits per heavy atom. The molecule has 0 unspecified atom stereocenters. The number of fused-ring (bicyclic) bond motifs is 1. The number of nitrogens with zero attached hydrogens (tertiary/aromatic N) is 2. The van der Waals surface area contributed by atoms with Crippen LogP contribution >= 0.6 is 0 Å². The van der Waals surface area contributed by atoms with E-state index in [9.17, 15) is 9.18 Å². The Bertz CT molecular complexity index is 1260. The summed E-state index contributed by atoms with van der Waals surface area (Å²) in [5.74, 6) is -1.76. The summed E-state index contributed by atoms with van der Waals surface area (Å²) in [6.45, 7) is 0.711. The highest BCUT2D eigenvalue weighted by atomic mass is 19.1. The first-order valence-corrected chi connectivity index (χ1v) is 10.0. The Hall–Kier alpha value is -3.74. The van der Waals surface area contributed by atoms with E-state index < -0.39 is 17.1 Å². The molecule has 0 atom stereocenters. The highest BCUT2D eigenvalue weighted by molar-refractivity contribution is 5.94. The van der Waals surface area contributed by atoms with Crippen molar-refractivity contribution in [3.8, 4) is 0 Å². The number of benzene rings is 2. The van der Waals surface area contributed by atoms with E-state index in [2.05, 4.69) is 10.3 Å². The summed E-state index contributed by atoms with van der Waals surface area (Å²) >= 11 is 0. The second-order valence-corrected chi connectivity index (χ2v) is 7.28. The number of aryl methyl sites for hydroxylation is 2. The third kappa shape index (κ3) is 4.26. The monoisotopic (exact) mass is 420 g/mol. The topological polar surface area (TPSA) is 72.9 Å². The van der Waals surface area contributed by atoms with E-state index in [0.717, 1.165) is 11.1 Å². The maximum Gasteiger partial charge on any atom is 0.191 e. The Kier molecular flexibility index (Phi) is 5.93. The van der Waals surface area contributed by atoms with Crippen LogP contribution in [0, 0.1) is 11.6 Å². The summed E-state index contributed by atoms with van der Waals surface area (Å²) < 4.78 is 32.0. The number of nitrogens with one attached hydrogen (secondary N) is 1. The molecule has 0 bridgehead atoms. The standard InChI is InChI=1S/C24H22F2N4O/c25-20-22(27)19-18(31)10-15-30(14-9-16-4-2-1-3-5-16)24(19)21(26)23(20)29-13-8-17-6-11-28-12-7-17/h1-7,10-12,15,29H,8-9,13-14,27H2. The van der Waals surface area contributed by atoms with Gasteiger partial charge in [0.1, 0.15) is 5.69 Å². The van der Waals surface area contributed by atoms with E-state index in [1.54, 1.807) is 17.0 Å². The molecule has 158 valence electrons. The van der Waals surface area contributed by atoms with E-state index >= 15 is 4.39 Å². The number of anilines is 2. The quantitative estimate of drug-likeness (QED) is 0.441. The van der Waals surface area contributed by atoms with Gasteiger partial charge in [-0.3, -0.25) is 9.78 Å². The fourth-order valence-electron chi connectivity index (χ4n) is 3.65. The van der Waals surface area contributed by atoms with Crippen LogP contribution in [-0.4, -0.2) is 16.1 Å². The van der Waals surface area contributed by atoms with Crippen LogP contribution in [0.25, 0.3) is 10.9 Å². The van der Waals surface area contributed by atoms with Crippen LogP contribution in [0.15, 0.2) is 71.9 Å². The summed E-state index contributed by atoms with van der Waals surface area (Å²) in [6, 6.07) is 14.7. The summed E-state index contributed by atoms with van der Waals surface area (Å²) in [7, 11) is 0. The number of halogens is 2. The van der Waals surface area contributed by atoms with Gasteiger partial charge in [0.25, 0.3) is 0 Å². The minimum atomic E-state index is -0.947. The highest BCUT2D eigenvalue weighted by Gasteiger charge is 2.22. The van der Waals surface area contributed by atoms with Crippen LogP contribution in [0.2, 0.25) is 0 Å². The Morgan fingerprint density at radius 2 is 1.65 bits per heavy atom. The molecule has 5 nitrogen and oxygen atoms in total. The van der Waals surface area contributed by atoms with Crippen LogP contribution in [0.5, 0.6) is 0 Å². The van der Waals surface area contributed by atoms with Crippen LogP contribution in [-0.2, 0) is 19.4 Å². The number of pyridine rings is 2. The Morgan fingerprint density at radius 1 is 0.935 bits per heavy atom. The molecule has 4 rings (SSSR count). The minimum Gasteiger partial charge on any atom is -0.396 e. The first-order valence-electron chi connectivity index (χ1n) is 10.0. The second kappa shape index (κ2) is 8.95.